The molecule has 3 nitrogen and oxygen atoms in total. The Kier molecular flexibility index (Phi) is 6.12. The minimum atomic E-state index is 0.839. The Morgan fingerprint density at radius 2 is 1.18 bits per heavy atom. The molecule has 0 N–H and O–H groups in total. The van der Waals surface area contributed by atoms with E-state index < -0.39 is 0 Å². The van der Waals surface area contributed by atoms with Crippen molar-refractivity contribution >= 4 is 0 Å². The molecule has 0 aliphatic carbocycles. The second-order valence-corrected chi connectivity index (χ2v) is 8.23. The molecule has 0 aliphatic rings. The van der Waals surface area contributed by atoms with Crippen LogP contribution in [0.3, 0.4) is 0 Å². The third-order valence-electron chi connectivity index (χ3n) is 5.96. The molecular weight excluding hydrogens is 402 g/mol. The van der Waals surface area contributed by atoms with E-state index in [2.05, 4.69) is 114 Å². The molecule has 4 aromatic carbocycles. The van der Waals surface area contributed by atoms with E-state index in [4.69, 9.17) is 5.10 Å². The van der Waals surface area contributed by atoms with Crippen molar-refractivity contribution in [3.05, 3.63) is 115 Å². The van der Waals surface area contributed by atoms with Crippen LogP contribution in [0.1, 0.15) is 25.3 Å². The van der Waals surface area contributed by atoms with Crippen LogP contribution in [-0.4, -0.2) is 14.8 Å². The van der Waals surface area contributed by atoms with Gasteiger partial charge in [-0.15, -0.1) is 10.2 Å². The monoisotopic (exact) mass is 429 g/mol. The number of hydrogen-bond donors (Lipinski definition) is 0. The van der Waals surface area contributed by atoms with E-state index in [1.807, 2.05) is 12.1 Å². The molecule has 0 unspecified atom stereocenters. The number of aryl methyl sites for hydroxylation is 1. The fraction of sp³-hybridized carbons (Fsp3) is 0.133. The molecular formula is C30H27N3. The molecule has 5 rings (SSSR count). The first-order valence-corrected chi connectivity index (χ1v) is 11.6. The summed E-state index contributed by atoms with van der Waals surface area (Å²) < 4.78 is 2.17. The average Bonchev–Trinajstić information content (AvgIpc) is 3.34. The third-order valence-corrected chi connectivity index (χ3v) is 5.96. The van der Waals surface area contributed by atoms with Gasteiger partial charge in [-0.3, -0.25) is 4.57 Å². The summed E-state index contributed by atoms with van der Waals surface area (Å²) in [5.41, 5.74) is 6.84. The van der Waals surface area contributed by atoms with E-state index in [0.29, 0.717) is 0 Å². The number of unbranched alkanes of at least 4 members (excludes halogenated alkanes) is 1. The van der Waals surface area contributed by atoms with Crippen molar-refractivity contribution in [2.75, 3.05) is 0 Å². The van der Waals surface area contributed by atoms with Crippen molar-refractivity contribution in [2.24, 2.45) is 0 Å². The Balaban J connectivity index is 1.66. The molecule has 0 radical (unpaired) electrons. The highest BCUT2D eigenvalue weighted by Crippen LogP contribution is 2.34. The van der Waals surface area contributed by atoms with Gasteiger partial charge >= 0.3 is 0 Å². The zero-order chi connectivity index (χ0) is 22.5. The molecule has 5 aromatic rings. The summed E-state index contributed by atoms with van der Waals surface area (Å²) >= 11 is 0. The number of rotatable bonds is 7. The topological polar surface area (TPSA) is 30.7 Å². The van der Waals surface area contributed by atoms with Crippen molar-refractivity contribution in [1.82, 2.24) is 14.8 Å². The van der Waals surface area contributed by atoms with Crippen LogP contribution in [0, 0.1) is 0 Å². The molecule has 0 aliphatic heterocycles. The molecule has 3 heteroatoms. The van der Waals surface area contributed by atoms with Crippen LogP contribution in [0.25, 0.3) is 39.6 Å². The van der Waals surface area contributed by atoms with Gasteiger partial charge in [-0.25, -0.2) is 0 Å². The first-order chi connectivity index (χ1) is 16.3. The van der Waals surface area contributed by atoms with Crippen LogP contribution in [0.2, 0.25) is 0 Å². The zero-order valence-corrected chi connectivity index (χ0v) is 18.9. The summed E-state index contributed by atoms with van der Waals surface area (Å²) in [6, 6.07) is 38.0. The van der Waals surface area contributed by atoms with E-state index in [1.54, 1.807) is 0 Å². The molecule has 1 aromatic heterocycles. The molecule has 0 saturated heterocycles. The van der Waals surface area contributed by atoms with Gasteiger partial charge in [-0.2, -0.15) is 0 Å². The second kappa shape index (κ2) is 9.66. The number of hydrogen-bond acceptors (Lipinski definition) is 2. The van der Waals surface area contributed by atoms with E-state index in [9.17, 15) is 0 Å². The maximum atomic E-state index is 4.71. The molecule has 0 atom stereocenters. The van der Waals surface area contributed by atoms with Gasteiger partial charge in [0.05, 0.1) is 0 Å². The molecule has 0 fully saturated rings. The third kappa shape index (κ3) is 4.35. The normalized spacial score (nSPS) is 10.9. The largest absolute Gasteiger partial charge is 0.275 e. The quantitative estimate of drug-likeness (QED) is 0.266. The second-order valence-electron chi connectivity index (χ2n) is 8.23. The lowest BCUT2D eigenvalue weighted by Crippen LogP contribution is -2.01. The molecule has 1 heterocycles. The Morgan fingerprint density at radius 3 is 1.88 bits per heavy atom. The van der Waals surface area contributed by atoms with Crippen LogP contribution in [-0.2, 0) is 6.42 Å². The Morgan fingerprint density at radius 1 is 0.576 bits per heavy atom. The molecule has 0 spiro atoms. The lowest BCUT2D eigenvalue weighted by molar-refractivity contribution is 0.795. The minimum absolute atomic E-state index is 0.839. The predicted molar refractivity (Wildman–Crippen MR) is 136 cm³/mol. The van der Waals surface area contributed by atoms with Gasteiger partial charge in [-0.05, 0) is 41.7 Å². The number of benzene rings is 4. The summed E-state index contributed by atoms with van der Waals surface area (Å²) in [4.78, 5) is 0. The van der Waals surface area contributed by atoms with Gasteiger partial charge in [-0.1, -0.05) is 110 Å². The van der Waals surface area contributed by atoms with Gasteiger partial charge < -0.3 is 0 Å². The van der Waals surface area contributed by atoms with Crippen molar-refractivity contribution < 1.29 is 0 Å². The highest BCUT2D eigenvalue weighted by atomic mass is 15.3. The van der Waals surface area contributed by atoms with E-state index in [-0.39, 0.29) is 0 Å². The van der Waals surface area contributed by atoms with Crippen molar-refractivity contribution in [3.8, 4) is 39.6 Å². The zero-order valence-electron chi connectivity index (χ0n) is 18.9. The highest BCUT2D eigenvalue weighted by Gasteiger charge is 2.19. The molecule has 33 heavy (non-hydrogen) atoms. The van der Waals surface area contributed by atoms with Gasteiger partial charge in [0.1, 0.15) is 0 Å². The predicted octanol–water partition coefficient (Wildman–Crippen LogP) is 7.61. The van der Waals surface area contributed by atoms with Gasteiger partial charge in [0.15, 0.2) is 11.6 Å². The van der Waals surface area contributed by atoms with Gasteiger partial charge in [0, 0.05) is 16.8 Å². The highest BCUT2D eigenvalue weighted by molar-refractivity contribution is 5.82. The maximum absolute atomic E-state index is 4.71. The summed E-state index contributed by atoms with van der Waals surface area (Å²) in [5.74, 6) is 1.69. The number of nitrogens with zero attached hydrogens (tertiary/aromatic N) is 3. The van der Waals surface area contributed by atoms with Crippen LogP contribution >= 0.6 is 0 Å². The average molecular weight is 430 g/mol. The SMILES string of the molecule is CCCCc1ccc(-c2nnc(-c3ccccc3-c3ccccc3)n2-c2ccccc2)cc1. The standard InChI is InChI=1S/C30H27N3/c1-2-3-12-23-19-21-25(22-20-23)29-31-32-30(33(29)26-15-8-5-9-16-26)28-18-11-10-17-27(28)24-13-6-4-7-14-24/h4-11,13-22H,2-3,12H2,1H3. The number of para-hydroxylation sites is 1. The van der Waals surface area contributed by atoms with Crippen molar-refractivity contribution in [2.45, 2.75) is 26.2 Å². The minimum Gasteiger partial charge on any atom is -0.275 e. The number of aromatic nitrogens is 3. The molecule has 0 amide bonds. The van der Waals surface area contributed by atoms with Crippen LogP contribution in [0.4, 0.5) is 0 Å². The van der Waals surface area contributed by atoms with Crippen molar-refractivity contribution in [1.29, 1.82) is 0 Å². The Bertz CT molecular complexity index is 1320. The Labute approximate surface area is 195 Å². The smallest absolute Gasteiger partial charge is 0.169 e. The first kappa shape index (κ1) is 20.9. The lowest BCUT2D eigenvalue weighted by atomic mass is 9.99. The van der Waals surface area contributed by atoms with Crippen molar-refractivity contribution in [3.63, 3.8) is 0 Å². The first-order valence-electron chi connectivity index (χ1n) is 11.6. The lowest BCUT2D eigenvalue weighted by Gasteiger charge is -2.14. The fourth-order valence-electron chi connectivity index (χ4n) is 4.22. The van der Waals surface area contributed by atoms with Crippen LogP contribution in [0.15, 0.2) is 109 Å². The summed E-state index contributed by atoms with van der Waals surface area (Å²) in [7, 11) is 0. The molecule has 162 valence electrons. The van der Waals surface area contributed by atoms with Crippen LogP contribution < -0.4 is 0 Å². The van der Waals surface area contributed by atoms with Gasteiger partial charge in [0.2, 0.25) is 0 Å². The van der Waals surface area contributed by atoms with E-state index in [1.165, 1.54) is 18.4 Å². The van der Waals surface area contributed by atoms with E-state index >= 15 is 0 Å². The summed E-state index contributed by atoms with van der Waals surface area (Å²) in [5, 5.41) is 9.39. The Hall–Kier alpha value is -3.98. The van der Waals surface area contributed by atoms with Crippen LogP contribution in [0.5, 0.6) is 0 Å². The molecule has 0 saturated carbocycles. The summed E-state index contributed by atoms with van der Waals surface area (Å²) in [6.45, 7) is 2.23. The maximum Gasteiger partial charge on any atom is 0.169 e. The summed E-state index contributed by atoms with van der Waals surface area (Å²) in [6.07, 6.45) is 3.52. The van der Waals surface area contributed by atoms with E-state index in [0.717, 1.165) is 46.0 Å². The fourth-order valence-corrected chi connectivity index (χ4v) is 4.22. The molecule has 0 bridgehead atoms. The van der Waals surface area contributed by atoms with Gasteiger partial charge in [0.25, 0.3) is 0 Å².